The Morgan fingerprint density at radius 1 is 1.26 bits per heavy atom. The Bertz CT molecular complexity index is 512. The van der Waals surface area contributed by atoms with E-state index in [9.17, 15) is 18.0 Å². The van der Waals surface area contributed by atoms with Crippen molar-refractivity contribution < 1.29 is 22.7 Å². The summed E-state index contributed by atoms with van der Waals surface area (Å²) in [6.45, 7) is 1.82. The minimum Gasteiger partial charge on any atom is -0.406 e. The predicted octanol–water partition coefficient (Wildman–Crippen LogP) is 3.19. The number of nitrogens with one attached hydrogen (secondary N) is 2. The summed E-state index contributed by atoms with van der Waals surface area (Å²) in [7, 11) is 1.73. The molecule has 0 bridgehead atoms. The Labute approximate surface area is 132 Å². The molecule has 8 heteroatoms. The number of amides is 2. The minimum absolute atomic E-state index is 0.151. The van der Waals surface area contributed by atoms with Crippen LogP contribution in [0.25, 0.3) is 0 Å². The molecule has 0 radical (unpaired) electrons. The molecule has 1 aliphatic rings. The quantitative estimate of drug-likeness (QED) is 0.894. The summed E-state index contributed by atoms with van der Waals surface area (Å²) in [5.74, 6) is -0.321. The Hall–Kier alpha value is -1.96. The zero-order valence-electron chi connectivity index (χ0n) is 12.8. The van der Waals surface area contributed by atoms with E-state index in [1.807, 2.05) is 0 Å². The maximum atomic E-state index is 12.2. The summed E-state index contributed by atoms with van der Waals surface area (Å²) in [6, 6.07) is 4.96. The molecule has 1 aromatic carbocycles. The van der Waals surface area contributed by atoms with E-state index in [0.29, 0.717) is 5.69 Å². The minimum atomic E-state index is -4.72. The highest BCUT2D eigenvalue weighted by atomic mass is 19.4. The molecule has 1 aromatic rings. The first-order chi connectivity index (χ1) is 10.8. The van der Waals surface area contributed by atoms with Gasteiger partial charge in [0.2, 0.25) is 0 Å². The van der Waals surface area contributed by atoms with Gasteiger partial charge < -0.3 is 20.3 Å². The normalized spacial score (nSPS) is 18.9. The molecule has 1 aliphatic heterocycles. The van der Waals surface area contributed by atoms with Gasteiger partial charge in [0.25, 0.3) is 0 Å². The summed E-state index contributed by atoms with van der Waals surface area (Å²) in [6.07, 6.45) is -1.91. The number of rotatable bonds is 3. The number of urea groups is 1. The van der Waals surface area contributed by atoms with E-state index in [2.05, 4.69) is 15.4 Å². The first-order valence-corrected chi connectivity index (χ1v) is 7.45. The van der Waals surface area contributed by atoms with E-state index in [-0.39, 0.29) is 17.8 Å². The van der Waals surface area contributed by atoms with Crippen LogP contribution in [-0.2, 0) is 0 Å². The van der Waals surface area contributed by atoms with Crippen molar-refractivity contribution in [1.82, 2.24) is 10.2 Å². The van der Waals surface area contributed by atoms with Gasteiger partial charge in [-0.1, -0.05) is 0 Å². The summed E-state index contributed by atoms with van der Waals surface area (Å²) < 4.78 is 40.1. The maximum absolute atomic E-state index is 12.2. The van der Waals surface area contributed by atoms with E-state index >= 15 is 0 Å². The number of hydrogen-bond donors (Lipinski definition) is 2. The third kappa shape index (κ3) is 5.63. The van der Waals surface area contributed by atoms with Crippen LogP contribution in [0.1, 0.15) is 19.3 Å². The van der Waals surface area contributed by atoms with Crippen molar-refractivity contribution in [3.63, 3.8) is 0 Å². The molecule has 1 atom stereocenters. The third-order valence-electron chi connectivity index (χ3n) is 3.75. The lowest BCUT2D eigenvalue weighted by Crippen LogP contribution is -2.40. The summed E-state index contributed by atoms with van der Waals surface area (Å²) in [5.41, 5.74) is 0.420. The summed E-state index contributed by atoms with van der Waals surface area (Å²) in [4.78, 5) is 13.9. The number of alkyl halides is 3. The highest BCUT2D eigenvalue weighted by molar-refractivity contribution is 5.89. The molecule has 2 N–H and O–H groups in total. The van der Waals surface area contributed by atoms with Gasteiger partial charge in [0.05, 0.1) is 0 Å². The van der Waals surface area contributed by atoms with Crippen molar-refractivity contribution in [2.24, 2.45) is 0 Å². The van der Waals surface area contributed by atoms with Crippen LogP contribution < -0.4 is 15.4 Å². The van der Waals surface area contributed by atoms with Gasteiger partial charge in [0.15, 0.2) is 0 Å². The second kappa shape index (κ2) is 7.54. The lowest BCUT2D eigenvalue weighted by Gasteiger charge is -2.27. The van der Waals surface area contributed by atoms with Crippen LogP contribution >= 0.6 is 0 Å². The Balaban J connectivity index is 1.91. The van der Waals surface area contributed by atoms with Crippen molar-refractivity contribution in [1.29, 1.82) is 0 Å². The molecule has 0 aromatic heterocycles. The summed E-state index contributed by atoms with van der Waals surface area (Å²) >= 11 is 0. The fourth-order valence-corrected chi connectivity index (χ4v) is 2.51. The number of benzene rings is 1. The molecule has 1 unspecified atom stereocenters. The molecule has 1 saturated heterocycles. The van der Waals surface area contributed by atoms with Crippen LogP contribution in [0.5, 0.6) is 5.75 Å². The molecule has 1 fully saturated rings. The highest BCUT2D eigenvalue weighted by Gasteiger charge is 2.31. The van der Waals surface area contributed by atoms with Gasteiger partial charge in [-0.3, -0.25) is 0 Å². The molecular weight excluding hydrogens is 311 g/mol. The lowest BCUT2D eigenvalue weighted by molar-refractivity contribution is -0.274. The summed E-state index contributed by atoms with van der Waals surface area (Å²) in [5, 5.41) is 5.96. The number of ether oxygens (including phenoxy) is 1. The monoisotopic (exact) mass is 331 g/mol. The predicted molar refractivity (Wildman–Crippen MR) is 80.4 cm³/mol. The van der Waals surface area contributed by atoms with Gasteiger partial charge in [0, 0.05) is 18.8 Å². The van der Waals surface area contributed by atoms with Crippen molar-refractivity contribution in [2.45, 2.75) is 31.7 Å². The molecule has 0 saturated carbocycles. The zero-order chi connectivity index (χ0) is 16.9. The lowest BCUT2D eigenvalue weighted by atomic mass is 10.1. The molecule has 23 heavy (non-hydrogen) atoms. The van der Waals surface area contributed by atoms with Gasteiger partial charge in [-0.15, -0.1) is 13.2 Å². The fraction of sp³-hybridized carbons (Fsp3) is 0.533. The second-order valence-corrected chi connectivity index (χ2v) is 5.45. The number of anilines is 1. The average molecular weight is 331 g/mol. The first-order valence-electron chi connectivity index (χ1n) is 7.45. The van der Waals surface area contributed by atoms with Crippen molar-refractivity contribution in [3.8, 4) is 5.75 Å². The topological polar surface area (TPSA) is 53.6 Å². The Kier molecular flexibility index (Phi) is 5.70. The first kappa shape index (κ1) is 17.4. The molecule has 1 heterocycles. The molecule has 0 aliphatic carbocycles. The van der Waals surface area contributed by atoms with Gasteiger partial charge in [-0.2, -0.15) is 0 Å². The van der Waals surface area contributed by atoms with Gasteiger partial charge in [-0.05, 0) is 56.6 Å². The van der Waals surface area contributed by atoms with Gasteiger partial charge in [0.1, 0.15) is 5.75 Å². The molecule has 128 valence electrons. The fourth-order valence-electron chi connectivity index (χ4n) is 2.51. The second-order valence-electron chi connectivity index (χ2n) is 5.45. The van der Waals surface area contributed by atoms with Crippen LogP contribution in [0.15, 0.2) is 24.3 Å². The maximum Gasteiger partial charge on any atom is 0.573 e. The van der Waals surface area contributed by atoms with Gasteiger partial charge in [-0.25, -0.2) is 4.79 Å². The zero-order valence-corrected chi connectivity index (χ0v) is 12.8. The molecule has 5 nitrogen and oxygen atoms in total. The van der Waals surface area contributed by atoms with E-state index < -0.39 is 6.36 Å². The molecular formula is C15H20F3N3O2. The number of hydrogen-bond acceptors (Lipinski definition) is 3. The van der Waals surface area contributed by atoms with Crippen molar-refractivity contribution >= 4 is 11.7 Å². The number of carbonyl (C=O) groups is 1. The van der Waals surface area contributed by atoms with E-state index in [1.165, 1.54) is 24.3 Å². The van der Waals surface area contributed by atoms with Gasteiger partial charge >= 0.3 is 12.4 Å². The average Bonchev–Trinajstić information content (AvgIpc) is 2.76. The van der Waals surface area contributed by atoms with Crippen LogP contribution in [-0.4, -0.2) is 43.5 Å². The van der Waals surface area contributed by atoms with Crippen LogP contribution in [0.4, 0.5) is 23.7 Å². The number of nitrogens with zero attached hydrogens (tertiary/aromatic N) is 1. The Morgan fingerprint density at radius 3 is 2.61 bits per heavy atom. The van der Waals surface area contributed by atoms with Crippen LogP contribution in [0.2, 0.25) is 0 Å². The standard InChI is InChI=1S/C15H20F3N3O2/c1-21(12-3-2-9-19-10-8-12)14(22)20-11-4-6-13(7-5-11)23-15(16,17)18/h4-7,12,19H,2-3,8-10H2,1H3,(H,20,22). The molecule has 2 rings (SSSR count). The SMILES string of the molecule is CN(C(=O)Nc1ccc(OC(F)(F)F)cc1)C1CCCNCC1. The Morgan fingerprint density at radius 2 is 1.96 bits per heavy atom. The largest absolute Gasteiger partial charge is 0.573 e. The number of carbonyl (C=O) groups excluding carboxylic acids is 1. The van der Waals surface area contributed by atoms with Crippen molar-refractivity contribution in [3.05, 3.63) is 24.3 Å². The number of halogens is 3. The van der Waals surface area contributed by atoms with E-state index in [4.69, 9.17) is 0 Å². The molecule has 2 amide bonds. The van der Waals surface area contributed by atoms with Crippen LogP contribution in [0, 0.1) is 0 Å². The van der Waals surface area contributed by atoms with Crippen molar-refractivity contribution in [2.75, 3.05) is 25.5 Å². The van der Waals surface area contributed by atoms with Crippen LogP contribution in [0.3, 0.4) is 0 Å². The highest BCUT2D eigenvalue weighted by Crippen LogP contribution is 2.24. The third-order valence-corrected chi connectivity index (χ3v) is 3.75. The smallest absolute Gasteiger partial charge is 0.406 e. The molecule has 0 spiro atoms. The van der Waals surface area contributed by atoms with E-state index in [1.54, 1.807) is 11.9 Å². The van der Waals surface area contributed by atoms with E-state index in [0.717, 1.165) is 32.4 Å².